The van der Waals surface area contributed by atoms with E-state index in [4.69, 9.17) is 0 Å². The molecule has 0 saturated heterocycles. The molecule has 1 aliphatic rings. The third-order valence-corrected chi connectivity index (χ3v) is 2.55. The van der Waals surface area contributed by atoms with Gasteiger partial charge < -0.3 is 0 Å². The first-order valence-electron chi connectivity index (χ1n) is 5.16. The van der Waals surface area contributed by atoms with E-state index < -0.39 is 0 Å². The van der Waals surface area contributed by atoms with Crippen molar-refractivity contribution in [3.05, 3.63) is 35.0 Å². The molecule has 1 rings (SSSR count). The van der Waals surface area contributed by atoms with Gasteiger partial charge in [0.1, 0.15) is 0 Å². The Bertz CT molecular complexity index is 297. The Balaban J connectivity index is 2.90. The van der Waals surface area contributed by atoms with E-state index in [1.807, 2.05) is 14.0 Å². The van der Waals surface area contributed by atoms with E-state index in [9.17, 15) is 0 Å². The van der Waals surface area contributed by atoms with Crippen molar-refractivity contribution in [2.24, 2.45) is 0 Å². The summed E-state index contributed by atoms with van der Waals surface area (Å²) in [7, 11) is 1.99. The van der Waals surface area contributed by atoms with Crippen LogP contribution in [-0.2, 0) is 0 Å². The maximum atomic E-state index is 3.80. The fourth-order valence-electron chi connectivity index (χ4n) is 1.61. The van der Waals surface area contributed by atoms with Crippen LogP contribution in [0.5, 0.6) is 0 Å². The van der Waals surface area contributed by atoms with Crippen LogP contribution in [0.25, 0.3) is 0 Å². The van der Waals surface area contributed by atoms with Crippen molar-refractivity contribution in [1.82, 2.24) is 5.32 Å². The van der Waals surface area contributed by atoms with Crippen LogP contribution in [0.3, 0.4) is 0 Å². The molecule has 14 heavy (non-hydrogen) atoms. The van der Waals surface area contributed by atoms with Gasteiger partial charge in [-0.15, -0.1) is 0 Å². The molecule has 0 radical (unpaired) electrons. The molecule has 1 aliphatic carbocycles. The summed E-state index contributed by atoms with van der Waals surface area (Å²) in [6.45, 7) is 7.86. The molecular formula is C12H18BN. The van der Waals surface area contributed by atoms with Gasteiger partial charge in [-0.3, -0.25) is 0 Å². The topological polar surface area (TPSA) is 12.0 Å². The Morgan fingerprint density at radius 3 is 2.86 bits per heavy atom. The van der Waals surface area contributed by atoms with Crippen molar-refractivity contribution in [2.45, 2.75) is 26.2 Å². The molecule has 0 spiro atoms. The third-order valence-electron chi connectivity index (χ3n) is 2.55. The summed E-state index contributed by atoms with van der Waals surface area (Å²) in [5.41, 5.74) is 3.89. The molecule has 0 saturated carbocycles. The number of rotatable bonds is 2. The van der Waals surface area contributed by atoms with Gasteiger partial charge in [-0.25, -0.2) is 0 Å². The number of allylic oxidation sites excluding steroid dienone is 6. The molecule has 0 unspecified atom stereocenters. The standard InChI is InChI=1S/C12H18BN/c1-10-8-9-11(13-2)6-4-5-7-12(10)14-3/h6,8-9,14H,2,4-5,7H2,1,3H3/b9-8-,11-6+,12-10-. The molecule has 0 atom stereocenters. The van der Waals surface area contributed by atoms with E-state index in [1.165, 1.54) is 23.2 Å². The van der Waals surface area contributed by atoms with E-state index in [-0.39, 0.29) is 0 Å². The summed E-state index contributed by atoms with van der Waals surface area (Å²) in [5, 5.41) is 3.26. The Morgan fingerprint density at radius 1 is 1.43 bits per heavy atom. The minimum atomic E-state index is 1.13. The Kier molecular flexibility index (Phi) is 4.44. The van der Waals surface area contributed by atoms with Crippen molar-refractivity contribution in [3.8, 4) is 0 Å². The second-order valence-corrected chi connectivity index (χ2v) is 3.55. The first-order chi connectivity index (χ1) is 6.77. The van der Waals surface area contributed by atoms with Gasteiger partial charge in [0.05, 0.1) is 0 Å². The molecule has 0 amide bonds. The van der Waals surface area contributed by atoms with Crippen LogP contribution in [0.15, 0.2) is 35.0 Å². The maximum absolute atomic E-state index is 3.80. The molecule has 0 aromatic heterocycles. The SMILES string of the molecule is C=BC1=C/CCC/C(NC)=C(C)/C=C\1. The molecule has 74 valence electrons. The summed E-state index contributed by atoms with van der Waals surface area (Å²) >= 11 is 0. The van der Waals surface area contributed by atoms with Gasteiger partial charge in [0.15, 0.2) is 0 Å². The monoisotopic (exact) mass is 187 g/mol. The predicted octanol–water partition coefficient (Wildman–Crippen LogP) is 2.24. The third kappa shape index (κ3) is 3.02. The van der Waals surface area contributed by atoms with Gasteiger partial charge in [0.25, 0.3) is 0 Å². The Hall–Kier alpha value is -1.05. The fraction of sp³-hybridized carbons (Fsp3) is 0.417. The summed E-state index contributed by atoms with van der Waals surface area (Å²) in [4.78, 5) is 0. The summed E-state index contributed by atoms with van der Waals surface area (Å²) in [5.74, 6) is 0. The van der Waals surface area contributed by atoms with Crippen molar-refractivity contribution >= 4 is 13.4 Å². The summed E-state index contributed by atoms with van der Waals surface area (Å²) in [6, 6.07) is 0. The van der Waals surface area contributed by atoms with Crippen molar-refractivity contribution < 1.29 is 0 Å². The second kappa shape index (κ2) is 5.64. The number of hydrogen-bond acceptors (Lipinski definition) is 1. The molecule has 0 heterocycles. The van der Waals surface area contributed by atoms with E-state index in [2.05, 4.69) is 36.9 Å². The zero-order valence-electron chi connectivity index (χ0n) is 9.14. The van der Waals surface area contributed by atoms with Crippen LogP contribution >= 0.6 is 0 Å². The number of nitrogens with one attached hydrogen (secondary N) is 1. The molecule has 0 aliphatic heterocycles. The van der Waals surface area contributed by atoms with Gasteiger partial charge in [-0.1, -0.05) is 0 Å². The quantitative estimate of drug-likeness (QED) is 0.653. The van der Waals surface area contributed by atoms with Crippen LogP contribution in [0.2, 0.25) is 0 Å². The van der Waals surface area contributed by atoms with Gasteiger partial charge in [0, 0.05) is 0 Å². The molecule has 0 fully saturated rings. The van der Waals surface area contributed by atoms with Crippen LogP contribution in [0.1, 0.15) is 26.2 Å². The van der Waals surface area contributed by atoms with Crippen LogP contribution < -0.4 is 5.32 Å². The van der Waals surface area contributed by atoms with E-state index >= 15 is 0 Å². The molecule has 1 N–H and O–H groups in total. The first kappa shape index (κ1) is 11.0. The number of hydrogen-bond donors (Lipinski definition) is 1. The molecule has 2 heteroatoms. The van der Waals surface area contributed by atoms with Crippen LogP contribution in [0.4, 0.5) is 0 Å². The second-order valence-electron chi connectivity index (χ2n) is 3.55. The first-order valence-corrected chi connectivity index (χ1v) is 5.16. The molecular weight excluding hydrogens is 169 g/mol. The molecule has 0 bridgehead atoms. The van der Waals surface area contributed by atoms with Crippen LogP contribution in [-0.4, -0.2) is 20.4 Å². The normalized spacial score (nSPS) is 28.9. The van der Waals surface area contributed by atoms with Crippen molar-refractivity contribution in [2.75, 3.05) is 7.05 Å². The van der Waals surface area contributed by atoms with E-state index in [0.29, 0.717) is 0 Å². The van der Waals surface area contributed by atoms with Crippen LogP contribution in [0, 0.1) is 0 Å². The summed E-state index contributed by atoms with van der Waals surface area (Å²) < 4.78 is 0. The average Bonchev–Trinajstić information content (AvgIpc) is 2.29. The minimum absolute atomic E-state index is 1.13. The zero-order chi connectivity index (χ0) is 10.4. The molecule has 1 nitrogen and oxygen atoms in total. The average molecular weight is 187 g/mol. The Labute approximate surface area is 87.5 Å². The molecule has 0 aromatic carbocycles. The fourth-order valence-corrected chi connectivity index (χ4v) is 1.61. The molecule has 0 aromatic rings. The predicted molar refractivity (Wildman–Crippen MR) is 65.7 cm³/mol. The van der Waals surface area contributed by atoms with Crippen molar-refractivity contribution in [1.29, 1.82) is 0 Å². The van der Waals surface area contributed by atoms with Gasteiger partial charge >= 0.3 is 86.9 Å². The van der Waals surface area contributed by atoms with Gasteiger partial charge in [0.2, 0.25) is 0 Å². The van der Waals surface area contributed by atoms with E-state index in [1.54, 1.807) is 0 Å². The van der Waals surface area contributed by atoms with Crippen molar-refractivity contribution in [3.63, 3.8) is 0 Å². The summed E-state index contributed by atoms with van der Waals surface area (Å²) in [6.07, 6.45) is 10.00. The van der Waals surface area contributed by atoms with Gasteiger partial charge in [-0.2, -0.15) is 0 Å². The van der Waals surface area contributed by atoms with E-state index in [0.717, 1.165) is 12.8 Å². The van der Waals surface area contributed by atoms with Gasteiger partial charge in [-0.05, 0) is 0 Å². The Morgan fingerprint density at radius 2 is 2.21 bits per heavy atom. The zero-order valence-corrected chi connectivity index (χ0v) is 9.14.